The molecule has 0 aliphatic carbocycles. The number of hydrogen-bond donors (Lipinski definition) is 1. The second-order valence-corrected chi connectivity index (χ2v) is 3.84. The number of aromatic nitrogens is 1. The van der Waals surface area contributed by atoms with Crippen LogP contribution in [0.1, 0.15) is 17.3 Å². The van der Waals surface area contributed by atoms with Crippen LogP contribution >= 0.6 is 0 Å². The van der Waals surface area contributed by atoms with Crippen molar-refractivity contribution in [2.75, 3.05) is 6.61 Å². The molecule has 19 heavy (non-hydrogen) atoms. The summed E-state index contributed by atoms with van der Waals surface area (Å²) >= 11 is 0. The normalized spacial score (nSPS) is 10.2. The molecule has 0 radical (unpaired) electrons. The Bertz CT molecular complexity index is 613. The maximum absolute atomic E-state index is 13.3. The molecule has 1 aromatic carbocycles. The molecule has 1 aromatic heterocycles. The van der Waals surface area contributed by atoms with Crippen LogP contribution in [0.25, 0.3) is 11.1 Å². The van der Waals surface area contributed by atoms with Crippen LogP contribution in [-0.4, -0.2) is 22.7 Å². The van der Waals surface area contributed by atoms with E-state index in [9.17, 15) is 9.18 Å². The van der Waals surface area contributed by atoms with Crippen LogP contribution in [0.4, 0.5) is 4.39 Å². The molecule has 5 heteroatoms. The van der Waals surface area contributed by atoms with Gasteiger partial charge in [0, 0.05) is 11.8 Å². The van der Waals surface area contributed by atoms with Gasteiger partial charge in [-0.15, -0.1) is 0 Å². The van der Waals surface area contributed by atoms with Crippen molar-refractivity contribution >= 4 is 5.97 Å². The smallest absolute Gasteiger partial charge is 0.338 e. The summed E-state index contributed by atoms with van der Waals surface area (Å²) in [4.78, 5) is 14.9. The number of halogens is 1. The highest BCUT2D eigenvalue weighted by Gasteiger charge is 2.12. The number of carbonyl (C=O) groups is 1. The Balaban J connectivity index is 2.44. The Labute approximate surface area is 109 Å². The Morgan fingerprint density at radius 2 is 2.11 bits per heavy atom. The van der Waals surface area contributed by atoms with Gasteiger partial charge in [0.25, 0.3) is 0 Å². The first kappa shape index (κ1) is 13.0. The van der Waals surface area contributed by atoms with Crippen LogP contribution in [0.2, 0.25) is 0 Å². The summed E-state index contributed by atoms with van der Waals surface area (Å²) in [7, 11) is 0. The zero-order chi connectivity index (χ0) is 13.8. The predicted octanol–water partition coefficient (Wildman–Crippen LogP) is 2.98. The van der Waals surface area contributed by atoms with Crippen molar-refractivity contribution in [3.63, 3.8) is 0 Å². The van der Waals surface area contributed by atoms with E-state index in [0.29, 0.717) is 23.5 Å². The van der Waals surface area contributed by atoms with E-state index in [1.54, 1.807) is 18.5 Å². The molecule has 0 aliphatic rings. The van der Waals surface area contributed by atoms with Crippen molar-refractivity contribution in [1.82, 2.24) is 4.98 Å². The van der Waals surface area contributed by atoms with Gasteiger partial charge >= 0.3 is 5.97 Å². The van der Waals surface area contributed by atoms with Gasteiger partial charge in [0.05, 0.1) is 18.4 Å². The van der Waals surface area contributed by atoms with Crippen LogP contribution in [0.15, 0.2) is 36.7 Å². The van der Waals surface area contributed by atoms with Crippen LogP contribution < -0.4 is 4.74 Å². The summed E-state index contributed by atoms with van der Waals surface area (Å²) < 4.78 is 18.6. The summed E-state index contributed by atoms with van der Waals surface area (Å²) in [6, 6.07) is 5.65. The minimum Gasteiger partial charge on any atom is -0.492 e. The number of aromatic carboxylic acids is 1. The lowest BCUT2D eigenvalue weighted by atomic mass is 10.0. The maximum Gasteiger partial charge on any atom is 0.338 e. The number of rotatable bonds is 4. The topological polar surface area (TPSA) is 59.4 Å². The van der Waals surface area contributed by atoms with Gasteiger partial charge in [-0.25, -0.2) is 9.18 Å². The average molecular weight is 261 g/mol. The highest BCUT2D eigenvalue weighted by molar-refractivity contribution is 5.89. The number of carboxylic acids is 1. The SMILES string of the molecule is CCOc1cncc(-c2ccc(F)c(C(=O)O)c2)c1. The first-order chi connectivity index (χ1) is 9.11. The van der Waals surface area contributed by atoms with Crippen LogP contribution in [0.3, 0.4) is 0 Å². The number of ether oxygens (including phenoxy) is 1. The quantitative estimate of drug-likeness (QED) is 0.919. The van der Waals surface area contributed by atoms with Gasteiger partial charge in [-0.3, -0.25) is 4.98 Å². The molecule has 0 fully saturated rings. The molecule has 2 aromatic rings. The van der Waals surface area contributed by atoms with E-state index in [1.807, 2.05) is 6.92 Å². The first-order valence-corrected chi connectivity index (χ1v) is 5.73. The fraction of sp³-hybridized carbons (Fsp3) is 0.143. The zero-order valence-electron chi connectivity index (χ0n) is 10.3. The van der Waals surface area contributed by atoms with Crippen molar-refractivity contribution in [2.45, 2.75) is 6.92 Å². The van der Waals surface area contributed by atoms with E-state index in [4.69, 9.17) is 9.84 Å². The number of hydrogen-bond acceptors (Lipinski definition) is 3. The first-order valence-electron chi connectivity index (χ1n) is 5.73. The van der Waals surface area contributed by atoms with E-state index in [1.165, 1.54) is 12.1 Å². The summed E-state index contributed by atoms with van der Waals surface area (Å²) in [5.41, 5.74) is 0.889. The van der Waals surface area contributed by atoms with Crippen molar-refractivity contribution < 1.29 is 19.0 Å². The van der Waals surface area contributed by atoms with Crippen molar-refractivity contribution in [3.05, 3.63) is 48.0 Å². The van der Waals surface area contributed by atoms with Gasteiger partial charge in [0.1, 0.15) is 11.6 Å². The fourth-order valence-corrected chi connectivity index (χ4v) is 1.69. The minimum absolute atomic E-state index is 0.362. The second-order valence-electron chi connectivity index (χ2n) is 3.84. The largest absolute Gasteiger partial charge is 0.492 e. The molecule has 2 rings (SSSR count). The summed E-state index contributed by atoms with van der Waals surface area (Å²) in [5, 5.41) is 8.90. The van der Waals surface area contributed by atoms with E-state index in [2.05, 4.69) is 4.98 Å². The summed E-state index contributed by atoms with van der Waals surface area (Å²) in [6.45, 7) is 2.36. The molecule has 0 spiro atoms. The van der Waals surface area contributed by atoms with Gasteiger partial charge < -0.3 is 9.84 Å². The highest BCUT2D eigenvalue weighted by atomic mass is 19.1. The van der Waals surface area contributed by atoms with Gasteiger partial charge in [-0.1, -0.05) is 6.07 Å². The van der Waals surface area contributed by atoms with Crippen LogP contribution in [0, 0.1) is 5.82 Å². The minimum atomic E-state index is -1.30. The lowest BCUT2D eigenvalue weighted by Gasteiger charge is -2.07. The Morgan fingerprint density at radius 3 is 2.79 bits per heavy atom. The van der Waals surface area contributed by atoms with Gasteiger partial charge in [-0.2, -0.15) is 0 Å². The van der Waals surface area contributed by atoms with Crippen LogP contribution in [-0.2, 0) is 0 Å². The van der Waals surface area contributed by atoms with Crippen molar-refractivity contribution in [3.8, 4) is 16.9 Å². The molecule has 0 saturated heterocycles. The van der Waals surface area contributed by atoms with Gasteiger partial charge in [-0.05, 0) is 30.7 Å². The number of pyridine rings is 1. The molecule has 0 atom stereocenters. The third kappa shape index (κ3) is 2.88. The Kier molecular flexibility index (Phi) is 3.75. The molecule has 0 aliphatic heterocycles. The third-order valence-electron chi connectivity index (χ3n) is 2.55. The van der Waals surface area contributed by atoms with Crippen molar-refractivity contribution in [2.24, 2.45) is 0 Å². The molecule has 0 bridgehead atoms. The molecule has 4 nitrogen and oxygen atoms in total. The number of nitrogens with zero attached hydrogens (tertiary/aromatic N) is 1. The van der Waals surface area contributed by atoms with Gasteiger partial charge in [0.15, 0.2) is 0 Å². The van der Waals surface area contributed by atoms with E-state index in [0.717, 1.165) is 6.07 Å². The predicted molar refractivity (Wildman–Crippen MR) is 67.8 cm³/mol. The molecular weight excluding hydrogens is 249 g/mol. The zero-order valence-corrected chi connectivity index (χ0v) is 10.3. The lowest BCUT2D eigenvalue weighted by molar-refractivity contribution is 0.0692. The van der Waals surface area contributed by atoms with Crippen LogP contribution in [0.5, 0.6) is 5.75 Å². The maximum atomic E-state index is 13.3. The highest BCUT2D eigenvalue weighted by Crippen LogP contribution is 2.24. The summed E-state index contributed by atoms with van der Waals surface area (Å²) in [5.74, 6) is -1.47. The van der Waals surface area contributed by atoms with Gasteiger partial charge in [0.2, 0.25) is 0 Å². The van der Waals surface area contributed by atoms with E-state index < -0.39 is 11.8 Å². The number of carboxylic acid groups (broad SMARTS) is 1. The molecule has 98 valence electrons. The summed E-state index contributed by atoms with van der Waals surface area (Å²) in [6.07, 6.45) is 3.13. The molecular formula is C14H12FNO3. The molecule has 0 amide bonds. The van der Waals surface area contributed by atoms with Crippen molar-refractivity contribution in [1.29, 1.82) is 0 Å². The molecule has 1 N–H and O–H groups in total. The van der Waals surface area contributed by atoms with E-state index in [-0.39, 0.29) is 5.56 Å². The third-order valence-corrected chi connectivity index (χ3v) is 2.55. The second kappa shape index (κ2) is 5.48. The monoisotopic (exact) mass is 261 g/mol. The standard InChI is InChI=1S/C14H12FNO3/c1-2-19-11-5-10(7-16-8-11)9-3-4-13(15)12(6-9)14(17)18/h3-8H,2H2,1H3,(H,17,18). The number of benzene rings is 1. The molecule has 0 saturated carbocycles. The Hall–Kier alpha value is -2.43. The lowest BCUT2D eigenvalue weighted by Crippen LogP contribution is -2.00. The average Bonchev–Trinajstić information content (AvgIpc) is 2.39. The molecule has 1 heterocycles. The molecule has 0 unspecified atom stereocenters. The fourth-order valence-electron chi connectivity index (χ4n) is 1.69. The van der Waals surface area contributed by atoms with E-state index >= 15 is 0 Å². The Morgan fingerprint density at radius 1 is 1.32 bits per heavy atom.